The monoisotopic (exact) mass is 610 g/mol. The number of pyridine rings is 1. The lowest BCUT2D eigenvalue weighted by molar-refractivity contribution is -0.193. The Morgan fingerprint density at radius 2 is 1.57 bits per heavy atom. The maximum Gasteiger partial charge on any atom is 0.490 e. The number of nitrogens with zero attached hydrogens (tertiary/aromatic N) is 2. The van der Waals surface area contributed by atoms with Gasteiger partial charge < -0.3 is 10.2 Å². The Balaban J connectivity index is 0.000000263. The van der Waals surface area contributed by atoms with Gasteiger partial charge in [0.05, 0.1) is 15.8 Å². The summed E-state index contributed by atoms with van der Waals surface area (Å²) in [4.78, 5) is 26.1. The van der Waals surface area contributed by atoms with Crippen LogP contribution in [0.15, 0.2) is 65.0 Å². The highest BCUT2D eigenvalue weighted by atomic mass is 32.2. The molecule has 0 aliphatic carbocycles. The number of fused-ring (bicyclic) bond motifs is 3. The molecule has 40 heavy (non-hydrogen) atoms. The molecule has 0 saturated carbocycles. The Morgan fingerprint density at radius 1 is 0.950 bits per heavy atom. The number of likely N-dealkylation sites (tertiary alicyclic amines) is 1. The van der Waals surface area contributed by atoms with Crippen LogP contribution in [0.5, 0.6) is 0 Å². The molecule has 0 spiro atoms. The number of hydrogen-bond donors (Lipinski definition) is 2. The zero-order valence-electron chi connectivity index (χ0n) is 20.1. The van der Waals surface area contributed by atoms with E-state index in [-0.39, 0.29) is 11.2 Å². The van der Waals surface area contributed by atoms with E-state index < -0.39 is 34.1 Å². The van der Waals surface area contributed by atoms with Gasteiger partial charge in [0.1, 0.15) is 0 Å². The minimum Gasteiger partial charge on any atom is -0.475 e. The average Bonchev–Trinajstić information content (AvgIpc) is 3.58. The highest BCUT2D eigenvalue weighted by Crippen LogP contribution is 2.46. The van der Waals surface area contributed by atoms with Gasteiger partial charge in [-0.15, -0.1) is 11.3 Å². The van der Waals surface area contributed by atoms with Gasteiger partial charge in [-0.05, 0) is 46.8 Å². The first kappa shape index (κ1) is 31.0. The van der Waals surface area contributed by atoms with Gasteiger partial charge in [-0.3, -0.25) is 9.88 Å². The minimum atomic E-state index is -5.08. The van der Waals surface area contributed by atoms with Gasteiger partial charge in [0.25, 0.3) is 0 Å². The number of carbonyl (C=O) groups is 2. The molecule has 8 nitrogen and oxygen atoms in total. The maximum absolute atomic E-state index is 13.0. The first-order chi connectivity index (χ1) is 18.5. The smallest absolute Gasteiger partial charge is 0.475 e. The predicted molar refractivity (Wildman–Crippen MR) is 130 cm³/mol. The number of carboxylic acid groups (broad SMARTS) is 2. The molecule has 5 rings (SSSR count). The van der Waals surface area contributed by atoms with Gasteiger partial charge in [-0.1, -0.05) is 18.2 Å². The number of thiophene rings is 1. The zero-order valence-corrected chi connectivity index (χ0v) is 21.7. The summed E-state index contributed by atoms with van der Waals surface area (Å²) in [6, 6.07) is 15.8. The summed E-state index contributed by atoms with van der Waals surface area (Å²) in [7, 11) is -3.25. The summed E-state index contributed by atoms with van der Waals surface area (Å²) in [5.74, 6) is -5.46. The second-order valence-corrected chi connectivity index (χ2v) is 11.6. The van der Waals surface area contributed by atoms with Crippen molar-refractivity contribution in [2.45, 2.75) is 35.0 Å². The molecule has 2 aliphatic heterocycles. The van der Waals surface area contributed by atoms with Gasteiger partial charge in [-0.2, -0.15) is 26.3 Å². The Hall–Kier alpha value is -3.50. The van der Waals surface area contributed by atoms with Crippen LogP contribution in [0.4, 0.5) is 26.3 Å². The molecule has 0 amide bonds. The molecule has 1 saturated heterocycles. The standard InChI is InChI=1S/C20H18N2O2S2.2C2HF3O2/c23-26(24)19-7-6-14(18-5-3-9-25-18)10-16(19)17-12-22(13-20(17)26)11-15-4-1-2-8-21-15;2*3-2(4,5)1(6)7/h1-10,17,20H,11-13H2;2*(H,6,7). The van der Waals surface area contributed by atoms with Crippen LogP contribution in [0.3, 0.4) is 0 Å². The minimum absolute atomic E-state index is 0.0543. The van der Waals surface area contributed by atoms with E-state index >= 15 is 0 Å². The molecule has 2 atom stereocenters. The van der Waals surface area contributed by atoms with Gasteiger partial charge >= 0.3 is 24.3 Å². The number of carboxylic acids is 2. The van der Waals surface area contributed by atoms with Crippen LogP contribution in [0.1, 0.15) is 17.2 Å². The van der Waals surface area contributed by atoms with Crippen LogP contribution >= 0.6 is 11.3 Å². The first-order valence-electron chi connectivity index (χ1n) is 11.2. The van der Waals surface area contributed by atoms with Crippen LogP contribution in [0, 0.1) is 0 Å². The van der Waals surface area contributed by atoms with Crippen molar-refractivity contribution in [3.63, 3.8) is 0 Å². The number of aromatic nitrogens is 1. The van der Waals surface area contributed by atoms with E-state index in [0.717, 1.165) is 23.4 Å². The SMILES string of the molecule is O=C(O)C(F)(F)F.O=C(O)C(F)(F)F.O=S1(=O)c2ccc(-c3cccs3)cc2C2CN(Cc3ccccn3)CC21. The summed E-state index contributed by atoms with van der Waals surface area (Å²) in [6.07, 6.45) is -8.38. The molecular weight excluding hydrogens is 590 g/mol. The van der Waals surface area contributed by atoms with E-state index in [0.29, 0.717) is 18.0 Å². The topological polar surface area (TPSA) is 125 Å². The quantitative estimate of drug-likeness (QED) is 0.404. The van der Waals surface area contributed by atoms with Gasteiger partial charge in [0.2, 0.25) is 0 Å². The molecule has 0 bridgehead atoms. The molecule has 1 aromatic carbocycles. The molecule has 216 valence electrons. The van der Waals surface area contributed by atoms with Gasteiger partial charge in [-0.25, -0.2) is 18.0 Å². The second-order valence-electron chi connectivity index (χ2n) is 8.54. The number of hydrogen-bond acceptors (Lipinski definition) is 7. The average molecular weight is 611 g/mol. The highest BCUT2D eigenvalue weighted by Gasteiger charge is 2.50. The maximum atomic E-state index is 13.0. The van der Waals surface area contributed by atoms with Gasteiger partial charge in [0, 0.05) is 36.6 Å². The molecule has 2 aromatic heterocycles. The molecule has 2 aliphatic rings. The zero-order chi connectivity index (χ0) is 29.9. The number of aliphatic carboxylic acids is 2. The van der Waals surface area contributed by atoms with E-state index in [9.17, 15) is 34.8 Å². The van der Waals surface area contributed by atoms with Crippen LogP contribution in [-0.4, -0.2) is 71.1 Å². The Bertz CT molecular complexity index is 1420. The van der Waals surface area contributed by atoms with Crippen LogP contribution in [0.2, 0.25) is 0 Å². The number of halogens is 6. The molecular formula is C24H20F6N2O6S2. The third-order valence-corrected chi connectivity index (χ3v) is 9.04. The highest BCUT2D eigenvalue weighted by molar-refractivity contribution is 7.92. The van der Waals surface area contributed by atoms with Crippen molar-refractivity contribution in [2.24, 2.45) is 0 Å². The van der Waals surface area contributed by atoms with Crippen LogP contribution in [0.25, 0.3) is 10.4 Å². The van der Waals surface area contributed by atoms with Crippen molar-refractivity contribution in [1.82, 2.24) is 9.88 Å². The van der Waals surface area contributed by atoms with E-state index in [1.807, 2.05) is 35.7 Å². The number of benzene rings is 1. The summed E-state index contributed by atoms with van der Waals surface area (Å²) in [6.45, 7) is 2.04. The Labute approximate surface area is 227 Å². The lowest BCUT2D eigenvalue weighted by atomic mass is 9.96. The van der Waals surface area contributed by atoms with Crippen LogP contribution in [-0.2, 0) is 26.0 Å². The molecule has 3 aromatic rings. The van der Waals surface area contributed by atoms with Crippen molar-refractivity contribution in [1.29, 1.82) is 0 Å². The lowest BCUT2D eigenvalue weighted by Crippen LogP contribution is -2.26. The Kier molecular flexibility index (Phi) is 9.26. The molecule has 2 unspecified atom stereocenters. The van der Waals surface area contributed by atoms with Crippen molar-refractivity contribution in [2.75, 3.05) is 13.1 Å². The van der Waals surface area contributed by atoms with Crippen LogP contribution < -0.4 is 0 Å². The fourth-order valence-corrected chi connectivity index (χ4v) is 7.09. The third-order valence-electron chi connectivity index (χ3n) is 5.86. The van der Waals surface area contributed by atoms with E-state index in [4.69, 9.17) is 19.8 Å². The van der Waals surface area contributed by atoms with Crippen molar-refractivity contribution < 1.29 is 54.6 Å². The number of sulfone groups is 1. The largest absolute Gasteiger partial charge is 0.490 e. The molecule has 1 fully saturated rings. The van der Waals surface area contributed by atoms with Gasteiger partial charge in [0.15, 0.2) is 9.84 Å². The summed E-state index contributed by atoms with van der Waals surface area (Å²) in [5.41, 5.74) is 3.08. The van der Waals surface area contributed by atoms with Crippen molar-refractivity contribution in [3.8, 4) is 10.4 Å². The summed E-state index contributed by atoms with van der Waals surface area (Å²) in [5, 5.41) is 16.0. The Morgan fingerprint density at radius 3 is 2.08 bits per heavy atom. The molecule has 16 heteroatoms. The molecule has 2 N–H and O–H groups in total. The third kappa shape index (κ3) is 7.37. The fraction of sp³-hybridized carbons (Fsp3) is 0.292. The summed E-state index contributed by atoms with van der Waals surface area (Å²) < 4.78 is 89.5. The lowest BCUT2D eigenvalue weighted by Gasteiger charge is -2.17. The molecule has 0 radical (unpaired) electrons. The summed E-state index contributed by atoms with van der Waals surface area (Å²) >= 11 is 1.68. The van der Waals surface area contributed by atoms with E-state index in [1.165, 1.54) is 4.88 Å². The van der Waals surface area contributed by atoms with Crippen molar-refractivity contribution >= 4 is 33.1 Å². The molecule has 4 heterocycles. The predicted octanol–water partition coefficient (Wildman–Crippen LogP) is 4.83. The number of alkyl halides is 6. The normalized spacial score (nSPS) is 19.4. The second kappa shape index (κ2) is 11.9. The first-order valence-corrected chi connectivity index (χ1v) is 13.6. The number of rotatable bonds is 3. The fourth-order valence-electron chi connectivity index (χ4n) is 4.17. The van der Waals surface area contributed by atoms with Crippen molar-refractivity contribution in [3.05, 3.63) is 71.4 Å². The van der Waals surface area contributed by atoms with E-state index in [1.54, 1.807) is 23.6 Å². The van der Waals surface area contributed by atoms with E-state index in [2.05, 4.69) is 22.0 Å².